The zero-order chi connectivity index (χ0) is 14.6. The van der Waals surface area contributed by atoms with Gasteiger partial charge in [-0.2, -0.15) is 0 Å². The van der Waals surface area contributed by atoms with E-state index in [-0.39, 0.29) is 11.4 Å². The van der Waals surface area contributed by atoms with Crippen LogP contribution in [0.4, 0.5) is 0 Å². The number of hydrogen-bond donors (Lipinski definition) is 2. The Hall–Kier alpha value is -1.79. The molecule has 0 unspecified atom stereocenters. The molecule has 1 saturated carbocycles. The van der Waals surface area contributed by atoms with Crippen LogP contribution in [0.2, 0.25) is 0 Å². The predicted octanol–water partition coefficient (Wildman–Crippen LogP) is 2.37. The number of rotatable bonds is 3. The highest BCUT2D eigenvalue weighted by molar-refractivity contribution is 5.97. The van der Waals surface area contributed by atoms with Gasteiger partial charge in [-0.25, -0.2) is 0 Å². The largest absolute Gasteiger partial charge is 0.347 e. The van der Waals surface area contributed by atoms with Crippen LogP contribution in [0, 0.1) is 18.8 Å². The normalized spacial score (nSPS) is 15.8. The standard InChI is InChI=1S/C17H22N2O/c1-3-17(9-5-10-17)19-16(20)15-12-13(2)7-8-14(15)6-4-11-18/h7-8,12H,3,5,9-11,18H2,1-2H3,(H,19,20). The van der Waals surface area contributed by atoms with Gasteiger partial charge in [-0.05, 0) is 44.7 Å². The molecule has 0 atom stereocenters. The van der Waals surface area contributed by atoms with Crippen LogP contribution in [0.5, 0.6) is 0 Å². The number of carbonyl (C=O) groups excluding carboxylic acids is 1. The second kappa shape index (κ2) is 6.11. The summed E-state index contributed by atoms with van der Waals surface area (Å²) in [7, 11) is 0. The van der Waals surface area contributed by atoms with E-state index >= 15 is 0 Å². The van der Waals surface area contributed by atoms with Gasteiger partial charge < -0.3 is 11.1 Å². The average Bonchev–Trinajstić information content (AvgIpc) is 2.41. The van der Waals surface area contributed by atoms with Gasteiger partial charge in [0.15, 0.2) is 0 Å². The third kappa shape index (κ3) is 3.02. The zero-order valence-corrected chi connectivity index (χ0v) is 12.3. The van der Waals surface area contributed by atoms with E-state index in [4.69, 9.17) is 5.73 Å². The van der Waals surface area contributed by atoms with E-state index in [1.54, 1.807) is 0 Å². The Bertz CT molecular complexity index is 557. The fraction of sp³-hybridized carbons (Fsp3) is 0.471. The lowest BCUT2D eigenvalue weighted by Crippen LogP contribution is -2.53. The first-order chi connectivity index (χ1) is 9.60. The molecule has 1 fully saturated rings. The molecule has 3 N–H and O–H groups in total. The highest BCUT2D eigenvalue weighted by Gasteiger charge is 2.36. The van der Waals surface area contributed by atoms with E-state index < -0.39 is 0 Å². The van der Waals surface area contributed by atoms with Crippen molar-refractivity contribution in [2.24, 2.45) is 5.73 Å². The molecule has 0 aliphatic heterocycles. The molecule has 1 aliphatic rings. The van der Waals surface area contributed by atoms with Crippen molar-refractivity contribution in [3.05, 3.63) is 34.9 Å². The number of amides is 1. The molecule has 0 bridgehead atoms. The number of nitrogens with one attached hydrogen (secondary N) is 1. The maximum Gasteiger partial charge on any atom is 0.252 e. The van der Waals surface area contributed by atoms with Crippen LogP contribution in [-0.2, 0) is 0 Å². The Balaban J connectivity index is 2.26. The highest BCUT2D eigenvalue weighted by Crippen LogP contribution is 2.35. The van der Waals surface area contributed by atoms with E-state index in [9.17, 15) is 4.79 Å². The van der Waals surface area contributed by atoms with Crippen molar-refractivity contribution in [1.82, 2.24) is 5.32 Å². The van der Waals surface area contributed by atoms with E-state index in [0.717, 1.165) is 30.4 Å². The zero-order valence-electron chi connectivity index (χ0n) is 12.3. The number of nitrogens with two attached hydrogens (primary N) is 1. The minimum Gasteiger partial charge on any atom is -0.347 e. The smallest absolute Gasteiger partial charge is 0.252 e. The van der Waals surface area contributed by atoms with Crippen molar-refractivity contribution in [3.63, 3.8) is 0 Å². The number of carbonyl (C=O) groups is 1. The van der Waals surface area contributed by atoms with Gasteiger partial charge >= 0.3 is 0 Å². The summed E-state index contributed by atoms with van der Waals surface area (Å²) in [5.74, 6) is 5.79. The lowest BCUT2D eigenvalue weighted by Gasteiger charge is -2.42. The van der Waals surface area contributed by atoms with Gasteiger partial charge in [0.2, 0.25) is 0 Å². The summed E-state index contributed by atoms with van der Waals surface area (Å²) in [6, 6.07) is 5.76. The maximum absolute atomic E-state index is 12.5. The molecule has 0 radical (unpaired) electrons. The second-order valence-electron chi connectivity index (χ2n) is 5.50. The van der Waals surface area contributed by atoms with E-state index in [1.807, 2.05) is 25.1 Å². The molecular formula is C17H22N2O. The molecule has 0 heterocycles. The van der Waals surface area contributed by atoms with Gasteiger partial charge in [-0.15, -0.1) is 0 Å². The van der Waals surface area contributed by atoms with Crippen molar-refractivity contribution in [2.75, 3.05) is 6.54 Å². The summed E-state index contributed by atoms with van der Waals surface area (Å²) in [5, 5.41) is 3.20. The van der Waals surface area contributed by atoms with Crippen LogP contribution in [-0.4, -0.2) is 18.0 Å². The van der Waals surface area contributed by atoms with Crippen molar-refractivity contribution in [1.29, 1.82) is 0 Å². The predicted molar refractivity (Wildman–Crippen MR) is 81.5 cm³/mol. The van der Waals surface area contributed by atoms with Gasteiger partial charge in [0.25, 0.3) is 5.91 Å². The van der Waals surface area contributed by atoms with Gasteiger partial charge in [0, 0.05) is 11.1 Å². The van der Waals surface area contributed by atoms with Crippen LogP contribution < -0.4 is 11.1 Å². The minimum atomic E-state index is -0.0171. The fourth-order valence-corrected chi connectivity index (χ4v) is 2.58. The van der Waals surface area contributed by atoms with Crippen LogP contribution in [0.3, 0.4) is 0 Å². The van der Waals surface area contributed by atoms with Gasteiger partial charge in [-0.3, -0.25) is 4.79 Å². The number of benzene rings is 1. The minimum absolute atomic E-state index is 0.000600. The fourth-order valence-electron chi connectivity index (χ4n) is 2.58. The molecule has 2 rings (SSSR count). The Morgan fingerprint density at radius 2 is 2.20 bits per heavy atom. The van der Waals surface area contributed by atoms with Crippen molar-refractivity contribution in [2.45, 2.75) is 45.1 Å². The first-order valence-corrected chi connectivity index (χ1v) is 7.22. The van der Waals surface area contributed by atoms with Gasteiger partial charge in [-0.1, -0.05) is 30.4 Å². The Morgan fingerprint density at radius 3 is 2.75 bits per heavy atom. The van der Waals surface area contributed by atoms with Crippen LogP contribution in [0.15, 0.2) is 18.2 Å². The van der Waals surface area contributed by atoms with Crippen LogP contribution in [0.25, 0.3) is 0 Å². The summed E-state index contributed by atoms with van der Waals surface area (Å²) in [5.41, 5.74) is 7.89. The molecule has 0 spiro atoms. The first kappa shape index (κ1) is 14.6. The SMILES string of the molecule is CCC1(NC(=O)c2cc(C)ccc2C#CCN)CCC1. The third-order valence-electron chi connectivity index (χ3n) is 4.11. The quantitative estimate of drug-likeness (QED) is 0.828. The monoisotopic (exact) mass is 270 g/mol. The highest BCUT2D eigenvalue weighted by atomic mass is 16.1. The summed E-state index contributed by atoms with van der Waals surface area (Å²) in [6.45, 7) is 4.41. The summed E-state index contributed by atoms with van der Waals surface area (Å²) in [4.78, 5) is 12.5. The Labute approximate surface area is 120 Å². The molecule has 0 aromatic heterocycles. The van der Waals surface area contributed by atoms with E-state index in [0.29, 0.717) is 12.1 Å². The van der Waals surface area contributed by atoms with E-state index in [2.05, 4.69) is 24.1 Å². The molecule has 0 saturated heterocycles. The lowest BCUT2D eigenvalue weighted by molar-refractivity contribution is 0.0820. The molecule has 106 valence electrons. The Morgan fingerprint density at radius 1 is 1.45 bits per heavy atom. The molecular weight excluding hydrogens is 248 g/mol. The molecule has 1 aromatic carbocycles. The molecule has 20 heavy (non-hydrogen) atoms. The Kier molecular flexibility index (Phi) is 4.46. The summed E-state index contributed by atoms with van der Waals surface area (Å²) < 4.78 is 0. The number of aryl methyl sites for hydroxylation is 1. The molecule has 3 nitrogen and oxygen atoms in total. The lowest BCUT2D eigenvalue weighted by atomic mass is 9.74. The maximum atomic E-state index is 12.5. The number of hydrogen-bond acceptors (Lipinski definition) is 2. The van der Waals surface area contributed by atoms with Crippen molar-refractivity contribution >= 4 is 5.91 Å². The molecule has 1 amide bonds. The van der Waals surface area contributed by atoms with Crippen molar-refractivity contribution < 1.29 is 4.79 Å². The van der Waals surface area contributed by atoms with Crippen LogP contribution in [0.1, 0.15) is 54.1 Å². The molecule has 1 aliphatic carbocycles. The first-order valence-electron chi connectivity index (χ1n) is 7.22. The van der Waals surface area contributed by atoms with E-state index in [1.165, 1.54) is 6.42 Å². The molecule has 1 aromatic rings. The van der Waals surface area contributed by atoms with Gasteiger partial charge in [0.05, 0.1) is 12.1 Å². The third-order valence-corrected chi connectivity index (χ3v) is 4.11. The molecule has 3 heteroatoms. The summed E-state index contributed by atoms with van der Waals surface area (Å²) in [6.07, 6.45) is 4.33. The second-order valence-corrected chi connectivity index (χ2v) is 5.50. The van der Waals surface area contributed by atoms with Crippen LogP contribution >= 0.6 is 0 Å². The van der Waals surface area contributed by atoms with Gasteiger partial charge in [0.1, 0.15) is 0 Å². The summed E-state index contributed by atoms with van der Waals surface area (Å²) >= 11 is 0. The average molecular weight is 270 g/mol. The van der Waals surface area contributed by atoms with Crippen molar-refractivity contribution in [3.8, 4) is 11.8 Å². The topological polar surface area (TPSA) is 55.1 Å².